The maximum Gasteiger partial charge on any atom is 0.181 e. The summed E-state index contributed by atoms with van der Waals surface area (Å²) >= 11 is 1.56. The van der Waals surface area contributed by atoms with E-state index in [-0.39, 0.29) is 0 Å². The molecule has 14 heavy (non-hydrogen) atoms. The van der Waals surface area contributed by atoms with Gasteiger partial charge < -0.3 is 9.52 Å². The van der Waals surface area contributed by atoms with Gasteiger partial charge in [-0.3, -0.25) is 0 Å². The molecule has 0 radical (unpaired) electrons. The first-order chi connectivity index (χ1) is 6.77. The zero-order valence-electron chi connectivity index (χ0n) is 7.80. The molecule has 1 atom stereocenters. The van der Waals surface area contributed by atoms with Crippen molar-refractivity contribution in [1.82, 2.24) is 4.98 Å². The first-order valence-electron chi connectivity index (χ1n) is 4.41. The molecule has 3 nitrogen and oxygen atoms in total. The van der Waals surface area contributed by atoms with Crippen molar-refractivity contribution in [1.29, 1.82) is 0 Å². The molecule has 1 N–H and O–H groups in total. The molecule has 0 fully saturated rings. The molecule has 2 aromatic heterocycles. The molecule has 0 aliphatic carbocycles. The summed E-state index contributed by atoms with van der Waals surface area (Å²) in [5.41, 5.74) is -0.169. The standard InChI is InChI=1S/C10H11NO2S/c1-2-10(12,8-3-4-14-6-8)9-5-11-7-13-9/h3-7,12H,2H2,1H3. The van der Waals surface area contributed by atoms with Crippen molar-refractivity contribution in [3.8, 4) is 0 Å². The average Bonchev–Trinajstić information content (AvgIpc) is 2.88. The highest BCUT2D eigenvalue weighted by atomic mass is 32.1. The number of hydrogen-bond donors (Lipinski definition) is 1. The Bertz CT molecular complexity index is 346. The number of aromatic nitrogens is 1. The van der Waals surface area contributed by atoms with Crippen molar-refractivity contribution >= 4 is 11.3 Å². The molecule has 0 saturated carbocycles. The lowest BCUT2D eigenvalue weighted by Crippen LogP contribution is -2.24. The molecule has 0 amide bonds. The lowest BCUT2D eigenvalue weighted by Gasteiger charge is -2.22. The number of rotatable bonds is 3. The lowest BCUT2D eigenvalue weighted by molar-refractivity contribution is 0.0531. The fourth-order valence-electron chi connectivity index (χ4n) is 1.44. The number of thiophene rings is 1. The van der Waals surface area contributed by atoms with E-state index < -0.39 is 5.60 Å². The normalized spacial score (nSPS) is 15.3. The SMILES string of the molecule is CCC(O)(c1ccsc1)c1cnco1. The molecule has 0 spiro atoms. The first kappa shape index (κ1) is 9.43. The minimum absolute atomic E-state index is 0.499. The number of aliphatic hydroxyl groups is 1. The molecule has 0 aliphatic rings. The Balaban J connectivity index is 2.45. The average molecular weight is 209 g/mol. The van der Waals surface area contributed by atoms with Crippen molar-refractivity contribution in [3.05, 3.63) is 40.7 Å². The second-order valence-electron chi connectivity index (χ2n) is 3.09. The highest BCUT2D eigenvalue weighted by Gasteiger charge is 2.33. The highest BCUT2D eigenvalue weighted by molar-refractivity contribution is 7.08. The Morgan fingerprint density at radius 3 is 3.00 bits per heavy atom. The third-order valence-corrected chi connectivity index (χ3v) is 3.03. The molecular formula is C10H11NO2S. The Kier molecular flexibility index (Phi) is 2.39. The molecule has 4 heteroatoms. The van der Waals surface area contributed by atoms with E-state index in [1.165, 1.54) is 6.39 Å². The van der Waals surface area contributed by atoms with E-state index in [1.54, 1.807) is 17.5 Å². The van der Waals surface area contributed by atoms with E-state index in [0.29, 0.717) is 12.2 Å². The summed E-state index contributed by atoms with van der Waals surface area (Å²) in [7, 11) is 0. The fraction of sp³-hybridized carbons (Fsp3) is 0.300. The van der Waals surface area contributed by atoms with E-state index in [9.17, 15) is 5.11 Å². The largest absolute Gasteiger partial charge is 0.445 e. The Hall–Kier alpha value is -1.13. The van der Waals surface area contributed by atoms with Crippen molar-refractivity contribution in [2.24, 2.45) is 0 Å². The van der Waals surface area contributed by atoms with Gasteiger partial charge in [0, 0.05) is 5.56 Å². The van der Waals surface area contributed by atoms with Gasteiger partial charge in [-0.1, -0.05) is 6.92 Å². The third-order valence-electron chi connectivity index (χ3n) is 2.35. The summed E-state index contributed by atoms with van der Waals surface area (Å²) in [5.74, 6) is 0.499. The summed E-state index contributed by atoms with van der Waals surface area (Å²) in [4.78, 5) is 3.82. The summed E-state index contributed by atoms with van der Waals surface area (Å²) in [6.07, 6.45) is 3.46. The molecule has 2 heterocycles. The molecule has 2 aromatic rings. The first-order valence-corrected chi connectivity index (χ1v) is 5.35. The summed E-state index contributed by atoms with van der Waals surface area (Å²) < 4.78 is 5.16. The van der Waals surface area contributed by atoms with Gasteiger partial charge in [0.05, 0.1) is 6.20 Å². The minimum Gasteiger partial charge on any atom is -0.445 e. The van der Waals surface area contributed by atoms with Crippen LogP contribution in [0.15, 0.2) is 33.8 Å². The second kappa shape index (κ2) is 3.55. The molecule has 0 aromatic carbocycles. The predicted molar refractivity (Wildman–Crippen MR) is 54.1 cm³/mol. The van der Waals surface area contributed by atoms with E-state index in [1.807, 2.05) is 23.8 Å². The van der Waals surface area contributed by atoms with E-state index in [2.05, 4.69) is 4.98 Å². The van der Waals surface area contributed by atoms with Crippen molar-refractivity contribution in [3.63, 3.8) is 0 Å². The van der Waals surface area contributed by atoms with Gasteiger partial charge in [-0.25, -0.2) is 4.98 Å². The molecule has 0 aliphatic heterocycles. The second-order valence-corrected chi connectivity index (χ2v) is 3.87. The summed E-state index contributed by atoms with van der Waals surface area (Å²) in [6, 6.07) is 1.90. The van der Waals surface area contributed by atoms with Gasteiger partial charge in [-0.2, -0.15) is 11.3 Å². The van der Waals surface area contributed by atoms with Crippen molar-refractivity contribution in [2.75, 3.05) is 0 Å². The zero-order valence-corrected chi connectivity index (χ0v) is 8.62. The third kappa shape index (κ3) is 1.36. The zero-order chi connectivity index (χ0) is 10.0. The van der Waals surface area contributed by atoms with Crippen LogP contribution in [-0.4, -0.2) is 10.1 Å². The summed E-state index contributed by atoms with van der Waals surface area (Å²) in [6.45, 7) is 1.92. The van der Waals surface area contributed by atoms with Gasteiger partial charge in [0.1, 0.15) is 5.60 Å². The number of oxazole rings is 1. The smallest absolute Gasteiger partial charge is 0.181 e. The van der Waals surface area contributed by atoms with Crippen LogP contribution in [0.4, 0.5) is 0 Å². The quantitative estimate of drug-likeness (QED) is 0.844. The Labute approximate surface area is 86.0 Å². The number of hydrogen-bond acceptors (Lipinski definition) is 4. The molecular weight excluding hydrogens is 198 g/mol. The molecule has 2 rings (SSSR count). The summed E-state index contributed by atoms with van der Waals surface area (Å²) in [5, 5.41) is 14.3. The van der Waals surface area contributed by atoms with E-state index in [0.717, 1.165) is 5.56 Å². The van der Waals surface area contributed by atoms with Crippen LogP contribution in [0.25, 0.3) is 0 Å². The van der Waals surface area contributed by atoms with E-state index >= 15 is 0 Å². The fourth-order valence-corrected chi connectivity index (χ4v) is 2.16. The maximum absolute atomic E-state index is 10.4. The van der Waals surface area contributed by atoms with Gasteiger partial charge in [0.2, 0.25) is 0 Å². The van der Waals surface area contributed by atoms with Crippen LogP contribution in [0.2, 0.25) is 0 Å². The van der Waals surface area contributed by atoms with Crippen molar-refractivity contribution < 1.29 is 9.52 Å². The lowest BCUT2D eigenvalue weighted by atomic mass is 9.91. The molecule has 0 saturated heterocycles. The van der Waals surface area contributed by atoms with Crippen LogP contribution < -0.4 is 0 Å². The molecule has 74 valence electrons. The van der Waals surface area contributed by atoms with Crippen LogP contribution in [0.5, 0.6) is 0 Å². The molecule has 1 unspecified atom stereocenters. The van der Waals surface area contributed by atoms with Gasteiger partial charge in [-0.15, -0.1) is 0 Å². The van der Waals surface area contributed by atoms with Crippen LogP contribution in [0.1, 0.15) is 24.7 Å². The van der Waals surface area contributed by atoms with Gasteiger partial charge in [0.25, 0.3) is 0 Å². The van der Waals surface area contributed by atoms with E-state index in [4.69, 9.17) is 4.42 Å². The molecule has 0 bridgehead atoms. The van der Waals surface area contributed by atoms with Crippen LogP contribution in [-0.2, 0) is 5.60 Å². The predicted octanol–water partition coefficient (Wildman–Crippen LogP) is 2.38. The minimum atomic E-state index is -1.03. The topological polar surface area (TPSA) is 46.3 Å². The van der Waals surface area contributed by atoms with Crippen molar-refractivity contribution in [2.45, 2.75) is 18.9 Å². The maximum atomic E-state index is 10.4. The van der Waals surface area contributed by atoms with Crippen LogP contribution in [0.3, 0.4) is 0 Å². The van der Waals surface area contributed by atoms with Gasteiger partial charge in [0.15, 0.2) is 12.2 Å². The van der Waals surface area contributed by atoms with Crippen LogP contribution >= 0.6 is 11.3 Å². The Morgan fingerprint density at radius 1 is 1.64 bits per heavy atom. The Morgan fingerprint density at radius 2 is 2.50 bits per heavy atom. The van der Waals surface area contributed by atoms with Gasteiger partial charge in [-0.05, 0) is 23.2 Å². The number of nitrogens with zero attached hydrogens (tertiary/aromatic N) is 1. The van der Waals surface area contributed by atoms with Crippen LogP contribution in [0, 0.1) is 0 Å². The van der Waals surface area contributed by atoms with Gasteiger partial charge >= 0.3 is 0 Å². The monoisotopic (exact) mass is 209 g/mol. The highest BCUT2D eigenvalue weighted by Crippen LogP contribution is 2.33.